The lowest BCUT2D eigenvalue weighted by Gasteiger charge is -2.34. The van der Waals surface area contributed by atoms with Crippen molar-refractivity contribution in [2.24, 2.45) is 4.99 Å². The molecule has 0 aliphatic carbocycles. The molecule has 2 fully saturated rings. The SMILES string of the molecule is CCNC(=NCC1CCCN1Cc1ccccc1)NCCCCN1CCN(CC)CC1.I. The summed E-state index contributed by atoms with van der Waals surface area (Å²) in [5, 5.41) is 6.98. The fourth-order valence-corrected chi connectivity index (χ4v) is 4.66. The van der Waals surface area contributed by atoms with Crippen LogP contribution in [0, 0.1) is 0 Å². The van der Waals surface area contributed by atoms with E-state index in [1.54, 1.807) is 0 Å². The van der Waals surface area contributed by atoms with Gasteiger partial charge in [0.2, 0.25) is 0 Å². The van der Waals surface area contributed by atoms with Crippen molar-refractivity contribution < 1.29 is 0 Å². The smallest absolute Gasteiger partial charge is 0.191 e. The molecule has 2 aliphatic rings. The van der Waals surface area contributed by atoms with Crippen molar-refractivity contribution >= 4 is 29.9 Å². The molecule has 2 N–H and O–H groups in total. The minimum Gasteiger partial charge on any atom is -0.357 e. The third kappa shape index (κ3) is 9.53. The maximum absolute atomic E-state index is 4.93. The summed E-state index contributed by atoms with van der Waals surface area (Å²) in [6, 6.07) is 11.4. The number of benzene rings is 1. The summed E-state index contributed by atoms with van der Waals surface area (Å²) in [4.78, 5) is 12.7. The molecule has 2 aliphatic heterocycles. The van der Waals surface area contributed by atoms with Crippen LogP contribution in [0.2, 0.25) is 0 Å². The summed E-state index contributed by atoms with van der Waals surface area (Å²) in [6.07, 6.45) is 4.98. The van der Waals surface area contributed by atoms with Gasteiger partial charge >= 0.3 is 0 Å². The van der Waals surface area contributed by atoms with Crippen molar-refractivity contribution in [1.29, 1.82) is 0 Å². The third-order valence-electron chi connectivity index (χ3n) is 6.64. The van der Waals surface area contributed by atoms with Crippen LogP contribution in [0.5, 0.6) is 0 Å². The summed E-state index contributed by atoms with van der Waals surface area (Å²) >= 11 is 0. The minimum absolute atomic E-state index is 0. The van der Waals surface area contributed by atoms with E-state index < -0.39 is 0 Å². The lowest BCUT2D eigenvalue weighted by molar-refractivity contribution is 0.136. The van der Waals surface area contributed by atoms with Crippen LogP contribution in [0.25, 0.3) is 0 Å². The first-order chi connectivity index (χ1) is 15.3. The second-order valence-electron chi connectivity index (χ2n) is 8.88. The summed E-state index contributed by atoms with van der Waals surface area (Å²) in [5.41, 5.74) is 1.40. The molecular formula is C25H45IN6. The van der Waals surface area contributed by atoms with Crippen LogP contribution in [0.3, 0.4) is 0 Å². The van der Waals surface area contributed by atoms with E-state index in [2.05, 4.69) is 69.5 Å². The Morgan fingerprint density at radius 3 is 2.44 bits per heavy atom. The number of nitrogens with zero attached hydrogens (tertiary/aromatic N) is 4. The van der Waals surface area contributed by atoms with Crippen LogP contribution in [0.4, 0.5) is 0 Å². The monoisotopic (exact) mass is 556 g/mol. The van der Waals surface area contributed by atoms with E-state index in [0.29, 0.717) is 6.04 Å². The third-order valence-corrected chi connectivity index (χ3v) is 6.64. The first-order valence-corrected chi connectivity index (χ1v) is 12.5. The Kier molecular flexibility index (Phi) is 13.5. The molecule has 1 aromatic carbocycles. The highest BCUT2D eigenvalue weighted by Gasteiger charge is 2.24. The van der Waals surface area contributed by atoms with Crippen molar-refractivity contribution in [1.82, 2.24) is 25.3 Å². The molecule has 2 saturated heterocycles. The number of piperazine rings is 1. The number of unbranched alkanes of at least 4 members (excludes halogenated alkanes) is 1. The van der Waals surface area contributed by atoms with Gasteiger partial charge in [0.25, 0.3) is 0 Å². The van der Waals surface area contributed by atoms with Gasteiger partial charge in [-0.15, -0.1) is 24.0 Å². The predicted octanol–water partition coefficient (Wildman–Crippen LogP) is 3.24. The summed E-state index contributed by atoms with van der Waals surface area (Å²) in [5.74, 6) is 0.977. The zero-order valence-corrected chi connectivity index (χ0v) is 22.6. The molecule has 0 aromatic heterocycles. The van der Waals surface area contributed by atoms with Crippen molar-refractivity contribution in [3.05, 3.63) is 35.9 Å². The Hall–Kier alpha value is -0.900. The molecule has 0 amide bonds. The number of hydrogen-bond donors (Lipinski definition) is 2. The normalized spacial score (nSPS) is 20.8. The molecule has 3 rings (SSSR count). The zero-order valence-electron chi connectivity index (χ0n) is 20.3. The predicted molar refractivity (Wildman–Crippen MR) is 147 cm³/mol. The summed E-state index contributed by atoms with van der Waals surface area (Å²) in [6.45, 7) is 16.8. The maximum atomic E-state index is 4.93. The summed E-state index contributed by atoms with van der Waals surface area (Å²) < 4.78 is 0. The van der Waals surface area contributed by atoms with E-state index in [1.807, 2.05) is 0 Å². The topological polar surface area (TPSA) is 46.1 Å². The molecule has 1 unspecified atom stereocenters. The standard InChI is InChI=1S/C25H44N6.HI/c1-3-26-25(27-14-8-9-15-30-19-17-29(4-2)18-20-30)28-21-24-13-10-16-31(24)22-23-11-6-5-7-12-23;/h5-7,11-12,24H,3-4,8-10,13-22H2,1-2H3,(H2,26,27,28);1H. The number of rotatable bonds is 11. The molecule has 0 bridgehead atoms. The zero-order chi connectivity index (χ0) is 21.7. The molecule has 0 saturated carbocycles. The molecule has 6 nitrogen and oxygen atoms in total. The Balaban J connectivity index is 0.00000363. The van der Waals surface area contributed by atoms with Gasteiger partial charge < -0.3 is 20.4 Å². The van der Waals surface area contributed by atoms with Gasteiger partial charge in [0.05, 0.1) is 6.54 Å². The van der Waals surface area contributed by atoms with Crippen LogP contribution in [-0.4, -0.2) is 92.1 Å². The quantitative estimate of drug-likeness (QED) is 0.190. The fourth-order valence-electron chi connectivity index (χ4n) is 4.66. The fraction of sp³-hybridized carbons (Fsp3) is 0.720. The number of nitrogens with one attached hydrogen (secondary N) is 2. The van der Waals surface area contributed by atoms with E-state index in [0.717, 1.165) is 32.1 Å². The van der Waals surface area contributed by atoms with E-state index >= 15 is 0 Å². The van der Waals surface area contributed by atoms with Crippen molar-refractivity contribution in [3.8, 4) is 0 Å². The molecule has 0 spiro atoms. The van der Waals surface area contributed by atoms with Gasteiger partial charge in [-0.1, -0.05) is 37.3 Å². The van der Waals surface area contributed by atoms with Crippen LogP contribution in [-0.2, 0) is 6.54 Å². The molecule has 7 heteroatoms. The van der Waals surface area contributed by atoms with E-state index in [9.17, 15) is 0 Å². The minimum atomic E-state index is 0. The van der Waals surface area contributed by atoms with Gasteiger partial charge in [-0.25, -0.2) is 0 Å². The highest BCUT2D eigenvalue weighted by atomic mass is 127. The van der Waals surface area contributed by atoms with Crippen LogP contribution in [0.15, 0.2) is 35.3 Å². The lowest BCUT2D eigenvalue weighted by Crippen LogP contribution is -2.46. The van der Waals surface area contributed by atoms with E-state index in [4.69, 9.17) is 4.99 Å². The van der Waals surface area contributed by atoms with Gasteiger partial charge in [0.1, 0.15) is 0 Å². The number of guanidine groups is 1. The largest absolute Gasteiger partial charge is 0.357 e. The van der Waals surface area contributed by atoms with Gasteiger partial charge in [-0.3, -0.25) is 9.89 Å². The van der Waals surface area contributed by atoms with Crippen molar-refractivity contribution in [3.63, 3.8) is 0 Å². The maximum Gasteiger partial charge on any atom is 0.191 e. The van der Waals surface area contributed by atoms with Crippen molar-refractivity contribution in [2.45, 2.75) is 52.1 Å². The number of aliphatic imine (C=N–C) groups is 1. The van der Waals surface area contributed by atoms with Crippen LogP contribution >= 0.6 is 24.0 Å². The number of hydrogen-bond acceptors (Lipinski definition) is 4. The molecule has 1 atom stereocenters. The highest BCUT2D eigenvalue weighted by Crippen LogP contribution is 2.20. The van der Waals surface area contributed by atoms with E-state index in [-0.39, 0.29) is 24.0 Å². The second kappa shape index (κ2) is 15.9. The Bertz CT molecular complexity index is 633. The first kappa shape index (κ1) is 27.3. The molecule has 2 heterocycles. The van der Waals surface area contributed by atoms with Crippen LogP contribution in [0.1, 0.15) is 45.1 Å². The number of halogens is 1. The Morgan fingerprint density at radius 2 is 1.72 bits per heavy atom. The molecule has 0 radical (unpaired) electrons. The Labute approximate surface area is 213 Å². The first-order valence-electron chi connectivity index (χ1n) is 12.5. The average molecular weight is 557 g/mol. The molecule has 32 heavy (non-hydrogen) atoms. The van der Waals surface area contributed by atoms with Gasteiger partial charge in [0, 0.05) is 51.9 Å². The molecular weight excluding hydrogens is 511 g/mol. The molecule has 182 valence electrons. The van der Waals surface area contributed by atoms with Crippen molar-refractivity contribution in [2.75, 3.05) is 65.4 Å². The van der Waals surface area contributed by atoms with E-state index in [1.165, 1.54) is 77.1 Å². The summed E-state index contributed by atoms with van der Waals surface area (Å²) in [7, 11) is 0. The van der Waals surface area contributed by atoms with Gasteiger partial charge in [0.15, 0.2) is 5.96 Å². The van der Waals surface area contributed by atoms with Gasteiger partial charge in [-0.2, -0.15) is 0 Å². The molecule has 1 aromatic rings. The lowest BCUT2D eigenvalue weighted by atomic mass is 10.2. The number of likely N-dealkylation sites (N-methyl/N-ethyl adjacent to an activating group) is 1. The second-order valence-corrected chi connectivity index (χ2v) is 8.88. The van der Waals surface area contributed by atoms with Crippen LogP contribution < -0.4 is 10.6 Å². The Morgan fingerprint density at radius 1 is 0.969 bits per heavy atom. The highest BCUT2D eigenvalue weighted by molar-refractivity contribution is 14.0. The van der Waals surface area contributed by atoms with Gasteiger partial charge in [-0.05, 0) is 57.8 Å². The number of likely N-dealkylation sites (tertiary alicyclic amines) is 1. The average Bonchev–Trinajstić information content (AvgIpc) is 3.25.